The number of benzene rings is 2. The second-order valence-electron chi connectivity index (χ2n) is 7.17. The van der Waals surface area contributed by atoms with Gasteiger partial charge in [0.1, 0.15) is 17.7 Å². The van der Waals surface area contributed by atoms with Crippen LogP contribution in [0.1, 0.15) is 24.2 Å². The molecule has 2 aromatic carbocycles. The number of nitrogen functional groups attached to an aromatic ring is 1. The van der Waals surface area contributed by atoms with Crippen LogP contribution in [0.5, 0.6) is 5.75 Å². The summed E-state index contributed by atoms with van der Waals surface area (Å²) in [6.07, 6.45) is 3.16. The summed E-state index contributed by atoms with van der Waals surface area (Å²) in [7, 11) is 2.16. The molecule has 1 saturated heterocycles. The molecule has 0 amide bonds. The Balaban J connectivity index is 1.39. The molecule has 3 N–H and O–H groups in total. The Bertz CT molecular complexity index is 864. The molecule has 0 saturated carbocycles. The van der Waals surface area contributed by atoms with Crippen LogP contribution in [0.15, 0.2) is 48.5 Å². The van der Waals surface area contributed by atoms with Crippen LogP contribution in [0.3, 0.4) is 0 Å². The van der Waals surface area contributed by atoms with Crippen LogP contribution in [0.25, 0.3) is 11.4 Å². The molecule has 1 fully saturated rings. The van der Waals surface area contributed by atoms with E-state index in [1.54, 1.807) is 0 Å². The van der Waals surface area contributed by atoms with Crippen molar-refractivity contribution in [3.63, 3.8) is 0 Å². The molecule has 1 aliphatic heterocycles. The third-order valence-corrected chi connectivity index (χ3v) is 4.96. The number of nitrogens with zero attached hydrogens (tertiary/aromatic N) is 3. The maximum atomic E-state index is 6.10. The Morgan fingerprint density at radius 3 is 2.48 bits per heavy atom. The van der Waals surface area contributed by atoms with Crippen LogP contribution in [0, 0.1) is 0 Å². The molecule has 6 heteroatoms. The van der Waals surface area contributed by atoms with E-state index in [9.17, 15) is 0 Å². The van der Waals surface area contributed by atoms with Gasteiger partial charge in [-0.1, -0.05) is 12.1 Å². The van der Waals surface area contributed by atoms with Crippen molar-refractivity contribution in [3.8, 4) is 17.1 Å². The van der Waals surface area contributed by atoms with Crippen molar-refractivity contribution in [1.82, 2.24) is 20.1 Å². The SMILES string of the molecule is CN1CCC(Oc2ccc(-c3n[nH]c(Cc4ccc(N)cc4)n3)cc2)CC1. The fourth-order valence-electron chi connectivity index (χ4n) is 3.31. The van der Waals surface area contributed by atoms with Gasteiger partial charge in [-0.25, -0.2) is 4.98 Å². The zero-order chi connectivity index (χ0) is 18.6. The highest BCUT2D eigenvalue weighted by molar-refractivity contribution is 5.56. The first-order chi connectivity index (χ1) is 13.2. The average Bonchev–Trinajstić information content (AvgIpc) is 3.15. The Morgan fingerprint density at radius 1 is 1.07 bits per heavy atom. The largest absolute Gasteiger partial charge is 0.490 e. The van der Waals surface area contributed by atoms with Gasteiger partial charge < -0.3 is 15.4 Å². The standard InChI is InChI=1S/C21H25N5O/c1-26-12-10-19(11-13-26)27-18-8-4-16(5-9-18)21-23-20(24-25-21)14-15-2-6-17(22)7-3-15/h2-9,19H,10-14,22H2,1H3,(H,23,24,25). The molecule has 0 bridgehead atoms. The topological polar surface area (TPSA) is 80.1 Å². The van der Waals surface area contributed by atoms with Crippen molar-refractivity contribution in [3.05, 3.63) is 59.9 Å². The highest BCUT2D eigenvalue weighted by atomic mass is 16.5. The number of rotatable bonds is 5. The maximum absolute atomic E-state index is 6.10. The van der Waals surface area contributed by atoms with Gasteiger partial charge in [-0.2, -0.15) is 5.10 Å². The summed E-state index contributed by atoms with van der Waals surface area (Å²) in [5, 5.41) is 7.37. The molecule has 27 heavy (non-hydrogen) atoms. The minimum Gasteiger partial charge on any atom is -0.490 e. The van der Waals surface area contributed by atoms with Crippen LogP contribution >= 0.6 is 0 Å². The Hall–Kier alpha value is -2.86. The molecule has 1 aromatic heterocycles. The normalized spacial score (nSPS) is 15.7. The zero-order valence-corrected chi connectivity index (χ0v) is 15.6. The predicted octanol–water partition coefficient (Wildman–Crippen LogP) is 3.12. The third-order valence-electron chi connectivity index (χ3n) is 4.96. The second kappa shape index (κ2) is 7.80. The van der Waals surface area contributed by atoms with E-state index in [4.69, 9.17) is 10.5 Å². The molecule has 140 valence electrons. The van der Waals surface area contributed by atoms with Crippen LogP contribution in [0.2, 0.25) is 0 Å². The number of likely N-dealkylation sites (tertiary alicyclic amines) is 1. The fraction of sp³-hybridized carbons (Fsp3) is 0.333. The summed E-state index contributed by atoms with van der Waals surface area (Å²) >= 11 is 0. The summed E-state index contributed by atoms with van der Waals surface area (Å²) in [5.74, 6) is 2.44. The number of nitrogens with two attached hydrogens (primary N) is 1. The van der Waals surface area contributed by atoms with Crippen LogP contribution in [-0.4, -0.2) is 46.3 Å². The molecule has 0 radical (unpaired) electrons. The van der Waals surface area contributed by atoms with Crippen LogP contribution < -0.4 is 10.5 Å². The average molecular weight is 363 g/mol. The Morgan fingerprint density at radius 2 is 1.78 bits per heavy atom. The number of anilines is 1. The minimum absolute atomic E-state index is 0.307. The van der Waals surface area contributed by atoms with Gasteiger partial charge in [-0.3, -0.25) is 5.10 Å². The molecule has 1 aliphatic rings. The molecule has 0 unspecified atom stereocenters. The molecule has 6 nitrogen and oxygen atoms in total. The van der Waals surface area contributed by atoms with Crippen molar-refractivity contribution in [2.75, 3.05) is 25.9 Å². The lowest BCUT2D eigenvalue weighted by Crippen LogP contribution is -2.35. The lowest BCUT2D eigenvalue weighted by atomic mass is 10.1. The van der Waals surface area contributed by atoms with Gasteiger partial charge in [0.15, 0.2) is 5.82 Å². The van der Waals surface area contributed by atoms with Crippen LogP contribution in [-0.2, 0) is 6.42 Å². The summed E-state index contributed by atoms with van der Waals surface area (Å²) in [6.45, 7) is 2.19. The molecule has 3 aromatic rings. The van der Waals surface area contributed by atoms with E-state index in [1.165, 1.54) is 0 Å². The van der Waals surface area contributed by atoms with Crippen molar-refractivity contribution < 1.29 is 4.74 Å². The van der Waals surface area contributed by atoms with Crippen LogP contribution in [0.4, 0.5) is 5.69 Å². The Labute approximate surface area is 159 Å². The predicted molar refractivity (Wildman–Crippen MR) is 107 cm³/mol. The minimum atomic E-state index is 0.307. The summed E-state index contributed by atoms with van der Waals surface area (Å²) in [5.41, 5.74) is 8.62. The molecule has 0 aliphatic carbocycles. The van der Waals surface area contributed by atoms with E-state index in [0.717, 1.165) is 54.3 Å². The number of hydrogen-bond acceptors (Lipinski definition) is 5. The van der Waals surface area contributed by atoms with Crippen molar-refractivity contribution in [1.29, 1.82) is 0 Å². The smallest absolute Gasteiger partial charge is 0.181 e. The third kappa shape index (κ3) is 4.46. The van der Waals surface area contributed by atoms with Gasteiger partial charge >= 0.3 is 0 Å². The number of nitrogens with one attached hydrogen (secondary N) is 1. The highest BCUT2D eigenvalue weighted by Crippen LogP contribution is 2.23. The fourth-order valence-corrected chi connectivity index (χ4v) is 3.31. The first-order valence-corrected chi connectivity index (χ1v) is 9.37. The van der Waals surface area contributed by atoms with Gasteiger partial charge in [0.25, 0.3) is 0 Å². The van der Waals surface area contributed by atoms with Crippen molar-refractivity contribution in [2.24, 2.45) is 0 Å². The Kier molecular flexibility index (Phi) is 5.07. The van der Waals surface area contributed by atoms with E-state index in [2.05, 4.69) is 27.1 Å². The number of aromatic nitrogens is 3. The van der Waals surface area contributed by atoms with Gasteiger partial charge in [0.2, 0.25) is 0 Å². The number of H-pyrrole nitrogens is 1. The number of hydrogen-bond donors (Lipinski definition) is 2. The molecule has 4 rings (SSSR count). The van der Waals surface area contributed by atoms with Gasteiger partial charge in [0, 0.05) is 30.8 Å². The number of ether oxygens (including phenoxy) is 1. The maximum Gasteiger partial charge on any atom is 0.181 e. The molecule has 2 heterocycles. The quantitative estimate of drug-likeness (QED) is 0.681. The van der Waals surface area contributed by atoms with Crippen molar-refractivity contribution >= 4 is 5.69 Å². The lowest BCUT2D eigenvalue weighted by molar-refractivity contribution is 0.114. The monoisotopic (exact) mass is 363 g/mol. The van der Waals surface area contributed by atoms with Gasteiger partial charge in [-0.05, 0) is 61.9 Å². The van der Waals surface area contributed by atoms with Crippen molar-refractivity contribution in [2.45, 2.75) is 25.4 Å². The van der Waals surface area contributed by atoms with E-state index in [-0.39, 0.29) is 0 Å². The van der Waals surface area contributed by atoms with E-state index in [0.29, 0.717) is 18.3 Å². The first-order valence-electron chi connectivity index (χ1n) is 9.37. The second-order valence-corrected chi connectivity index (χ2v) is 7.17. The molecular weight excluding hydrogens is 338 g/mol. The van der Waals surface area contributed by atoms with Gasteiger partial charge in [-0.15, -0.1) is 0 Å². The molecule has 0 spiro atoms. The number of piperidine rings is 1. The number of aromatic amines is 1. The van der Waals surface area contributed by atoms with E-state index in [1.807, 2.05) is 48.5 Å². The first kappa shape index (κ1) is 17.5. The highest BCUT2D eigenvalue weighted by Gasteiger charge is 2.18. The zero-order valence-electron chi connectivity index (χ0n) is 15.6. The lowest BCUT2D eigenvalue weighted by Gasteiger charge is -2.29. The summed E-state index contributed by atoms with van der Waals surface area (Å²) < 4.78 is 6.10. The molecule has 0 atom stereocenters. The van der Waals surface area contributed by atoms with E-state index < -0.39 is 0 Å². The summed E-state index contributed by atoms with van der Waals surface area (Å²) in [6, 6.07) is 15.8. The van der Waals surface area contributed by atoms with E-state index >= 15 is 0 Å². The molecular formula is C21H25N5O. The van der Waals surface area contributed by atoms with Gasteiger partial charge in [0.05, 0.1) is 0 Å². The summed E-state index contributed by atoms with van der Waals surface area (Å²) in [4.78, 5) is 6.95.